The second-order valence-corrected chi connectivity index (χ2v) is 4.15. The van der Waals surface area contributed by atoms with Gasteiger partial charge in [-0.25, -0.2) is 0 Å². The zero-order valence-electron chi connectivity index (χ0n) is 9.84. The first kappa shape index (κ1) is 12.9. The Bertz CT molecular complexity index is 516. The molecule has 0 aliphatic rings. The second-order valence-electron chi connectivity index (χ2n) is 3.72. The van der Waals surface area contributed by atoms with Gasteiger partial charge in [0.15, 0.2) is 12.4 Å². The number of nitrogens with zero attached hydrogens (tertiary/aromatic N) is 2. The summed E-state index contributed by atoms with van der Waals surface area (Å²) in [5, 5.41) is 13.8. The molecule has 2 rings (SSSR count). The maximum atomic E-state index is 9.52. The van der Waals surface area contributed by atoms with Crippen LogP contribution in [0.15, 0.2) is 28.8 Å². The van der Waals surface area contributed by atoms with Crippen molar-refractivity contribution in [1.82, 2.24) is 10.1 Å². The Hall–Kier alpha value is -1.59. The van der Waals surface area contributed by atoms with Crippen LogP contribution in [0.4, 0.5) is 0 Å². The lowest BCUT2D eigenvalue weighted by molar-refractivity contribution is 0.159. The van der Waals surface area contributed by atoms with E-state index in [2.05, 4.69) is 10.1 Å². The van der Waals surface area contributed by atoms with Crippen LogP contribution in [0.1, 0.15) is 31.2 Å². The summed E-state index contributed by atoms with van der Waals surface area (Å²) in [7, 11) is 0. The van der Waals surface area contributed by atoms with Crippen molar-refractivity contribution in [2.24, 2.45) is 0 Å². The first-order valence-corrected chi connectivity index (χ1v) is 5.95. The van der Waals surface area contributed by atoms with Crippen molar-refractivity contribution in [1.29, 1.82) is 0 Å². The first-order valence-electron chi connectivity index (χ1n) is 5.58. The van der Waals surface area contributed by atoms with E-state index in [1.807, 2.05) is 6.92 Å². The van der Waals surface area contributed by atoms with Gasteiger partial charge >= 0.3 is 0 Å². The minimum absolute atomic E-state index is 0.143. The standard InChI is InChI=1S/C12H13ClN2O3/c1-2-10(16)12-14-11(18-15-12)7-17-9-5-3-4-8(13)6-9/h3-6,10,16H,2,7H2,1H3. The molecule has 1 N–H and O–H groups in total. The molecule has 6 heteroatoms. The van der Waals surface area contributed by atoms with E-state index in [0.717, 1.165) is 0 Å². The molecule has 2 aromatic rings. The maximum absolute atomic E-state index is 9.52. The molecule has 1 heterocycles. The fourth-order valence-corrected chi connectivity index (χ4v) is 1.53. The van der Waals surface area contributed by atoms with E-state index in [0.29, 0.717) is 23.1 Å². The van der Waals surface area contributed by atoms with Gasteiger partial charge in [-0.15, -0.1) is 0 Å². The smallest absolute Gasteiger partial charge is 0.264 e. The third kappa shape index (κ3) is 3.21. The number of halogens is 1. The van der Waals surface area contributed by atoms with Crippen molar-refractivity contribution in [2.75, 3.05) is 0 Å². The number of benzene rings is 1. The third-order valence-corrected chi connectivity index (χ3v) is 2.56. The molecule has 0 fully saturated rings. The highest BCUT2D eigenvalue weighted by atomic mass is 35.5. The Balaban J connectivity index is 1.96. The van der Waals surface area contributed by atoms with Gasteiger partial charge in [-0.2, -0.15) is 4.98 Å². The van der Waals surface area contributed by atoms with Crippen LogP contribution in [-0.2, 0) is 6.61 Å². The Morgan fingerprint density at radius 2 is 2.33 bits per heavy atom. The molecule has 0 saturated heterocycles. The summed E-state index contributed by atoms with van der Waals surface area (Å²) in [6.45, 7) is 1.98. The summed E-state index contributed by atoms with van der Waals surface area (Å²) in [6.07, 6.45) is -0.164. The first-order chi connectivity index (χ1) is 8.69. The molecule has 0 spiro atoms. The topological polar surface area (TPSA) is 68.4 Å². The van der Waals surface area contributed by atoms with Gasteiger partial charge in [-0.1, -0.05) is 29.7 Å². The van der Waals surface area contributed by atoms with Crippen LogP contribution in [0.2, 0.25) is 5.02 Å². The van der Waals surface area contributed by atoms with Crippen molar-refractivity contribution in [2.45, 2.75) is 26.1 Å². The Labute approximate surface area is 109 Å². The van der Waals surface area contributed by atoms with E-state index in [9.17, 15) is 5.11 Å². The van der Waals surface area contributed by atoms with Gasteiger partial charge in [0, 0.05) is 5.02 Å². The number of hydrogen-bond acceptors (Lipinski definition) is 5. The van der Waals surface area contributed by atoms with Crippen LogP contribution >= 0.6 is 11.6 Å². The summed E-state index contributed by atoms with van der Waals surface area (Å²) in [5.74, 6) is 1.22. The zero-order valence-corrected chi connectivity index (χ0v) is 10.6. The highest BCUT2D eigenvalue weighted by Gasteiger charge is 2.13. The lowest BCUT2D eigenvalue weighted by atomic mass is 10.3. The van der Waals surface area contributed by atoms with Crippen LogP contribution in [0, 0.1) is 0 Å². The molecular formula is C12H13ClN2O3. The van der Waals surface area contributed by atoms with Crippen LogP contribution < -0.4 is 4.74 Å². The average Bonchev–Trinajstić information content (AvgIpc) is 2.84. The van der Waals surface area contributed by atoms with Gasteiger partial charge in [-0.3, -0.25) is 0 Å². The molecule has 0 radical (unpaired) electrons. The zero-order chi connectivity index (χ0) is 13.0. The monoisotopic (exact) mass is 268 g/mol. The van der Waals surface area contributed by atoms with Crippen LogP contribution in [-0.4, -0.2) is 15.2 Å². The van der Waals surface area contributed by atoms with Crippen LogP contribution in [0.5, 0.6) is 5.75 Å². The van der Waals surface area contributed by atoms with E-state index < -0.39 is 6.10 Å². The van der Waals surface area contributed by atoms with E-state index in [4.69, 9.17) is 20.9 Å². The van der Waals surface area contributed by atoms with Crippen molar-refractivity contribution in [3.8, 4) is 5.75 Å². The SMILES string of the molecule is CCC(O)c1noc(COc2cccc(Cl)c2)n1. The molecular weight excluding hydrogens is 256 g/mol. The summed E-state index contributed by atoms with van der Waals surface area (Å²) in [5.41, 5.74) is 0. The molecule has 1 atom stereocenters. The lowest BCUT2D eigenvalue weighted by Gasteiger charge is -2.02. The van der Waals surface area contributed by atoms with Gasteiger partial charge in [0.1, 0.15) is 11.9 Å². The molecule has 0 bridgehead atoms. The summed E-state index contributed by atoms with van der Waals surface area (Å²) in [4.78, 5) is 4.03. The highest BCUT2D eigenvalue weighted by Crippen LogP contribution is 2.18. The van der Waals surface area contributed by atoms with Crippen molar-refractivity contribution in [3.63, 3.8) is 0 Å². The van der Waals surface area contributed by atoms with E-state index in [-0.39, 0.29) is 12.4 Å². The number of hydrogen-bond donors (Lipinski definition) is 1. The van der Waals surface area contributed by atoms with Gasteiger partial charge in [0.25, 0.3) is 5.89 Å². The number of aliphatic hydroxyl groups excluding tert-OH is 1. The molecule has 0 aliphatic carbocycles. The molecule has 0 aliphatic heterocycles. The maximum Gasteiger partial charge on any atom is 0.264 e. The number of ether oxygens (including phenoxy) is 1. The molecule has 0 saturated carbocycles. The average molecular weight is 269 g/mol. The Morgan fingerprint density at radius 3 is 3.06 bits per heavy atom. The number of aromatic nitrogens is 2. The molecule has 0 amide bonds. The van der Waals surface area contributed by atoms with Crippen LogP contribution in [0.3, 0.4) is 0 Å². The fourth-order valence-electron chi connectivity index (χ4n) is 1.35. The highest BCUT2D eigenvalue weighted by molar-refractivity contribution is 6.30. The van der Waals surface area contributed by atoms with Crippen molar-refractivity contribution < 1.29 is 14.4 Å². The molecule has 5 nitrogen and oxygen atoms in total. The Kier molecular flexibility index (Phi) is 4.17. The minimum Gasteiger partial charge on any atom is -0.484 e. The normalized spacial score (nSPS) is 12.4. The predicted octanol–water partition coefficient (Wildman–Crippen LogP) is 2.75. The predicted molar refractivity (Wildman–Crippen MR) is 65.3 cm³/mol. The molecule has 96 valence electrons. The summed E-state index contributed by atoms with van der Waals surface area (Å²) < 4.78 is 10.4. The van der Waals surface area contributed by atoms with E-state index >= 15 is 0 Å². The van der Waals surface area contributed by atoms with Crippen molar-refractivity contribution in [3.05, 3.63) is 41.0 Å². The molecule has 1 aromatic carbocycles. The Morgan fingerprint density at radius 1 is 1.50 bits per heavy atom. The van der Waals surface area contributed by atoms with E-state index in [1.54, 1.807) is 24.3 Å². The second kappa shape index (κ2) is 5.84. The number of rotatable bonds is 5. The quantitative estimate of drug-likeness (QED) is 0.903. The molecule has 1 unspecified atom stereocenters. The van der Waals surface area contributed by atoms with Gasteiger partial charge < -0.3 is 14.4 Å². The largest absolute Gasteiger partial charge is 0.484 e. The summed E-state index contributed by atoms with van der Waals surface area (Å²) >= 11 is 5.83. The molecule has 18 heavy (non-hydrogen) atoms. The minimum atomic E-state index is -0.700. The lowest BCUT2D eigenvalue weighted by Crippen LogP contribution is -1.99. The van der Waals surface area contributed by atoms with Gasteiger partial charge in [0.05, 0.1) is 0 Å². The number of aliphatic hydroxyl groups is 1. The van der Waals surface area contributed by atoms with Gasteiger partial charge in [-0.05, 0) is 24.6 Å². The molecule has 1 aromatic heterocycles. The fraction of sp³-hybridized carbons (Fsp3) is 0.333. The van der Waals surface area contributed by atoms with Crippen LogP contribution in [0.25, 0.3) is 0 Å². The van der Waals surface area contributed by atoms with E-state index in [1.165, 1.54) is 0 Å². The summed E-state index contributed by atoms with van der Waals surface area (Å²) in [6, 6.07) is 7.03. The third-order valence-electron chi connectivity index (χ3n) is 2.33. The van der Waals surface area contributed by atoms with Gasteiger partial charge in [0.2, 0.25) is 0 Å². The van der Waals surface area contributed by atoms with Crippen molar-refractivity contribution >= 4 is 11.6 Å².